The predicted molar refractivity (Wildman–Crippen MR) is 92.7 cm³/mol. The number of benzene rings is 1. The quantitative estimate of drug-likeness (QED) is 0.809. The van der Waals surface area contributed by atoms with Gasteiger partial charge in [-0.15, -0.1) is 0 Å². The molecule has 1 aromatic carbocycles. The number of para-hydroxylation sites is 2. The van der Waals surface area contributed by atoms with Gasteiger partial charge in [0.25, 0.3) is 0 Å². The highest BCUT2D eigenvalue weighted by atomic mass is 16.2. The Morgan fingerprint density at radius 2 is 1.96 bits per heavy atom. The normalized spacial score (nSPS) is 29.7. The molecule has 3 aliphatic rings. The highest BCUT2D eigenvalue weighted by Gasteiger charge is 2.44. The summed E-state index contributed by atoms with van der Waals surface area (Å²) in [5.74, 6) is 2.50. The van der Waals surface area contributed by atoms with E-state index in [4.69, 9.17) is 4.98 Å². The van der Waals surface area contributed by atoms with Gasteiger partial charge in [-0.05, 0) is 43.2 Å². The van der Waals surface area contributed by atoms with Crippen LogP contribution in [0.25, 0.3) is 11.0 Å². The van der Waals surface area contributed by atoms with Crippen LogP contribution in [0.15, 0.2) is 30.5 Å². The largest absolute Gasteiger partial charge is 0.355 e. The number of hydrogen-bond acceptors (Lipinski definition) is 4. The molecule has 0 aliphatic carbocycles. The molecule has 0 radical (unpaired) electrons. The van der Waals surface area contributed by atoms with Crippen LogP contribution in [-0.2, 0) is 4.79 Å². The smallest absolute Gasteiger partial charge is 0.222 e. The van der Waals surface area contributed by atoms with Crippen molar-refractivity contribution in [3.8, 4) is 0 Å². The molecule has 3 atom stereocenters. The molecule has 3 fully saturated rings. The van der Waals surface area contributed by atoms with Crippen molar-refractivity contribution in [2.45, 2.75) is 31.7 Å². The minimum atomic E-state index is 0.375. The first-order valence-corrected chi connectivity index (χ1v) is 9.04. The van der Waals surface area contributed by atoms with Crippen molar-refractivity contribution in [3.63, 3.8) is 0 Å². The van der Waals surface area contributed by atoms with Gasteiger partial charge in [0.2, 0.25) is 5.91 Å². The second kappa shape index (κ2) is 5.43. The first-order valence-electron chi connectivity index (χ1n) is 9.04. The molecule has 3 aliphatic heterocycles. The van der Waals surface area contributed by atoms with E-state index in [9.17, 15) is 4.79 Å². The standard InChI is InChI=1S/C19H22N4O/c24-19-7-3-6-17-14-8-13(11-23(17)19)10-22(12-14)18-9-20-15-4-1-2-5-16(15)21-18/h1-2,4-5,9,13-14,17H,3,6-8,10-12H2/t13-,14+,17-/m0/s1. The molecule has 1 amide bonds. The average molecular weight is 322 g/mol. The Hall–Kier alpha value is -2.17. The lowest BCUT2D eigenvalue weighted by Crippen LogP contribution is -2.60. The first kappa shape index (κ1) is 14.2. The lowest BCUT2D eigenvalue weighted by molar-refractivity contribution is -0.142. The Balaban J connectivity index is 1.43. The van der Waals surface area contributed by atoms with E-state index >= 15 is 0 Å². The minimum absolute atomic E-state index is 0.375. The molecule has 5 rings (SSSR count). The number of nitrogens with zero attached hydrogens (tertiary/aromatic N) is 4. The number of rotatable bonds is 1. The van der Waals surface area contributed by atoms with E-state index in [-0.39, 0.29) is 0 Å². The van der Waals surface area contributed by atoms with Crippen LogP contribution >= 0.6 is 0 Å². The monoisotopic (exact) mass is 322 g/mol. The van der Waals surface area contributed by atoms with Crippen LogP contribution in [0.2, 0.25) is 0 Å². The van der Waals surface area contributed by atoms with Crippen molar-refractivity contribution in [2.75, 3.05) is 24.5 Å². The summed E-state index contributed by atoms with van der Waals surface area (Å²) in [5.41, 5.74) is 1.91. The average Bonchev–Trinajstić information content (AvgIpc) is 2.62. The molecule has 5 nitrogen and oxygen atoms in total. The van der Waals surface area contributed by atoms with Gasteiger partial charge in [-0.1, -0.05) is 12.1 Å². The van der Waals surface area contributed by atoms with Crippen molar-refractivity contribution in [3.05, 3.63) is 30.5 Å². The third-order valence-electron chi connectivity index (χ3n) is 5.94. The van der Waals surface area contributed by atoms with Crippen molar-refractivity contribution in [2.24, 2.45) is 11.8 Å². The number of carbonyl (C=O) groups is 1. The lowest BCUT2D eigenvalue weighted by Gasteiger charge is -2.52. The molecule has 124 valence electrons. The molecule has 3 saturated heterocycles. The van der Waals surface area contributed by atoms with Crippen molar-refractivity contribution in [1.82, 2.24) is 14.9 Å². The molecular formula is C19H22N4O. The van der Waals surface area contributed by atoms with Crippen molar-refractivity contribution in [1.29, 1.82) is 0 Å². The molecule has 2 aromatic rings. The molecule has 0 unspecified atom stereocenters. The molecule has 4 heterocycles. The topological polar surface area (TPSA) is 49.3 Å². The maximum atomic E-state index is 12.2. The van der Waals surface area contributed by atoms with E-state index in [2.05, 4.69) is 14.8 Å². The first-order chi connectivity index (χ1) is 11.8. The Kier molecular flexibility index (Phi) is 3.21. The van der Waals surface area contributed by atoms with Gasteiger partial charge in [-0.2, -0.15) is 0 Å². The molecule has 0 N–H and O–H groups in total. The summed E-state index contributed by atoms with van der Waals surface area (Å²) in [6, 6.07) is 8.48. The fraction of sp³-hybridized carbons (Fsp3) is 0.526. The number of piperidine rings is 3. The fourth-order valence-electron chi connectivity index (χ4n) is 4.90. The van der Waals surface area contributed by atoms with Crippen molar-refractivity contribution >= 4 is 22.8 Å². The molecule has 0 saturated carbocycles. The number of aromatic nitrogens is 2. The van der Waals surface area contributed by atoms with Crippen LogP contribution in [0.4, 0.5) is 5.82 Å². The second-order valence-electron chi connectivity index (χ2n) is 7.49. The van der Waals surface area contributed by atoms with Gasteiger partial charge in [0.1, 0.15) is 5.82 Å². The molecule has 1 aromatic heterocycles. The van der Waals surface area contributed by atoms with Crippen LogP contribution < -0.4 is 4.90 Å². The number of anilines is 1. The Bertz CT molecular complexity index is 792. The molecule has 24 heavy (non-hydrogen) atoms. The molecule has 0 spiro atoms. The second-order valence-corrected chi connectivity index (χ2v) is 7.49. The predicted octanol–water partition coefficient (Wildman–Crippen LogP) is 2.47. The van der Waals surface area contributed by atoms with Gasteiger partial charge in [-0.3, -0.25) is 9.78 Å². The van der Waals surface area contributed by atoms with E-state index in [1.54, 1.807) is 0 Å². The van der Waals surface area contributed by atoms with Crippen LogP contribution in [-0.4, -0.2) is 46.5 Å². The molecular weight excluding hydrogens is 300 g/mol. The SMILES string of the molecule is O=C1CCC[C@H]2[C@@H]3C[C@@H](CN(c4cnc5ccccc5n4)C3)CN12. The third kappa shape index (κ3) is 2.26. The zero-order valence-electron chi connectivity index (χ0n) is 13.8. The maximum Gasteiger partial charge on any atom is 0.222 e. The van der Waals surface area contributed by atoms with Gasteiger partial charge < -0.3 is 9.80 Å². The van der Waals surface area contributed by atoms with Crippen LogP contribution in [0, 0.1) is 11.8 Å². The molecule has 5 heteroatoms. The van der Waals surface area contributed by atoms with E-state index in [1.807, 2.05) is 30.5 Å². The van der Waals surface area contributed by atoms with E-state index in [0.29, 0.717) is 23.8 Å². The summed E-state index contributed by atoms with van der Waals surface area (Å²) in [5, 5.41) is 0. The van der Waals surface area contributed by atoms with Crippen LogP contribution in [0.1, 0.15) is 25.7 Å². The molecule has 2 bridgehead atoms. The van der Waals surface area contributed by atoms with Gasteiger partial charge in [0, 0.05) is 32.1 Å². The number of hydrogen-bond donors (Lipinski definition) is 0. The van der Waals surface area contributed by atoms with Gasteiger partial charge in [0.15, 0.2) is 0 Å². The van der Waals surface area contributed by atoms with Gasteiger partial charge in [-0.25, -0.2) is 4.98 Å². The number of fused-ring (bicyclic) bond motifs is 5. The Morgan fingerprint density at radius 3 is 2.88 bits per heavy atom. The number of carbonyl (C=O) groups excluding carboxylic acids is 1. The summed E-state index contributed by atoms with van der Waals surface area (Å²) >= 11 is 0. The number of amides is 1. The third-order valence-corrected chi connectivity index (χ3v) is 5.94. The Labute approximate surface area is 141 Å². The summed E-state index contributed by atoms with van der Waals surface area (Å²) in [4.78, 5) is 26.2. The zero-order valence-corrected chi connectivity index (χ0v) is 13.8. The van der Waals surface area contributed by atoms with E-state index < -0.39 is 0 Å². The zero-order chi connectivity index (χ0) is 16.1. The highest BCUT2D eigenvalue weighted by Crippen LogP contribution is 2.38. The van der Waals surface area contributed by atoms with Crippen LogP contribution in [0.5, 0.6) is 0 Å². The fourth-order valence-corrected chi connectivity index (χ4v) is 4.90. The van der Waals surface area contributed by atoms with Crippen molar-refractivity contribution < 1.29 is 4.79 Å². The summed E-state index contributed by atoms with van der Waals surface area (Å²) in [6.45, 7) is 2.91. The summed E-state index contributed by atoms with van der Waals surface area (Å²) in [7, 11) is 0. The Morgan fingerprint density at radius 1 is 1.08 bits per heavy atom. The van der Waals surface area contributed by atoms with Gasteiger partial charge in [0.05, 0.1) is 17.2 Å². The summed E-state index contributed by atoms with van der Waals surface area (Å²) in [6.07, 6.45) is 6.13. The lowest BCUT2D eigenvalue weighted by atomic mass is 9.76. The van der Waals surface area contributed by atoms with Crippen LogP contribution in [0.3, 0.4) is 0 Å². The maximum absolute atomic E-state index is 12.2. The van der Waals surface area contributed by atoms with Gasteiger partial charge >= 0.3 is 0 Å². The summed E-state index contributed by atoms with van der Waals surface area (Å²) < 4.78 is 0. The van der Waals surface area contributed by atoms with E-state index in [0.717, 1.165) is 49.3 Å². The minimum Gasteiger partial charge on any atom is -0.355 e. The highest BCUT2D eigenvalue weighted by molar-refractivity contribution is 5.78. The van der Waals surface area contributed by atoms with E-state index in [1.165, 1.54) is 12.8 Å².